The summed E-state index contributed by atoms with van der Waals surface area (Å²) in [6.07, 6.45) is -0.366. The molecular formula is C20H24F3N3O3. The summed E-state index contributed by atoms with van der Waals surface area (Å²) in [7, 11) is 0. The number of carbonyl (C=O) groups is 2. The van der Waals surface area contributed by atoms with Crippen molar-refractivity contribution < 1.29 is 27.5 Å². The molecule has 1 saturated heterocycles. The zero-order chi connectivity index (χ0) is 21.3. The van der Waals surface area contributed by atoms with Crippen molar-refractivity contribution in [3.63, 3.8) is 0 Å². The van der Waals surface area contributed by atoms with Crippen LogP contribution in [0.3, 0.4) is 0 Å². The van der Waals surface area contributed by atoms with Crippen molar-refractivity contribution in [1.29, 1.82) is 0 Å². The van der Waals surface area contributed by atoms with Crippen LogP contribution in [-0.2, 0) is 9.53 Å². The molecule has 158 valence electrons. The van der Waals surface area contributed by atoms with Gasteiger partial charge in [-0.15, -0.1) is 0 Å². The Labute approximate surface area is 167 Å². The second-order valence-electron chi connectivity index (χ2n) is 8.27. The molecule has 1 unspecified atom stereocenters. The quantitative estimate of drug-likeness (QED) is 0.743. The second-order valence-corrected chi connectivity index (χ2v) is 8.27. The van der Waals surface area contributed by atoms with Gasteiger partial charge in [-0.05, 0) is 44.9 Å². The maximum atomic E-state index is 14.8. The summed E-state index contributed by atoms with van der Waals surface area (Å²) in [5.74, 6) is -3.07. The maximum absolute atomic E-state index is 14.8. The molecule has 9 heteroatoms. The van der Waals surface area contributed by atoms with Gasteiger partial charge in [-0.3, -0.25) is 4.79 Å². The number of amides is 2. The third-order valence-electron chi connectivity index (χ3n) is 4.84. The lowest BCUT2D eigenvalue weighted by atomic mass is 9.93. The summed E-state index contributed by atoms with van der Waals surface area (Å²) in [4.78, 5) is 26.3. The van der Waals surface area contributed by atoms with E-state index in [0.29, 0.717) is 0 Å². The molecule has 29 heavy (non-hydrogen) atoms. The SMILES string of the molecule is CC(C)(C)OC(=O)N1CC[C@H](C(=O)N2N=CCC2c2cc(F)cc(F)c2)[C@H](F)C1. The van der Waals surface area contributed by atoms with Gasteiger partial charge >= 0.3 is 6.09 Å². The van der Waals surface area contributed by atoms with E-state index in [0.717, 1.165) is 23.2 Å². The highest BCUT2D eigenvalue weighted by molar-refractivity contribution is 5.83. The first kappa shape index (κ1) is 21.1. The van der Waals surface area contributed by atoms with Gasteiger partial charge in [-0.25, -0.2) is 23.0 Å². The lowest BCUT2D eigenvalue weighted by Gasteiger charge is -2.36. The molecule has 0 radical (unpaired) electrons. The number of rotatable bonds is 2. The fourth-order valence-corrected chi connectivity index (χ4v) is 3.52. The Balaban J connectivity index is 1.68. The molecule has 2 aliphatic rings. The number of halogens is 3. The molecule has 2 heterocycles. The number of hydrogen-bond donors (Lipinski definition) is 0. The van der Waals surface area contributed by atoms with E-state index in [9.17, 15) is 22.8 Å². The van der Waals surface area contributed by atoms with Gasteiger partial charge in [0.15, 0.2) is 0 Å². The van der Waals surface area contributed by atoms with Crippen LogP contribution in [0.5, 0.6) is 0 Å². The smallest absolute Gasteiger partial charge is 0.410 e. The lowest BCUT2D eigenvalue weighted by molar-refractivity contribution is -0.141. The summed E-state index contributed by atoms with van der Waals surface area (Å²) in [5.41, 5.74) is -0.442. The minimum absolute atomic E-state index is 0.107. The highest BCUT2D eigenvalue weighted by atomic mass is 19.1. The van der Waals surface area contributed by atoms with Crippen molar-refractivity contribution in [2.75, 3.05) is 13.1 Å². The summed E-state index contributed by atoms with van der Waals surface area (Å²) in [5, 5.41) is 5.10. The van der Waals surface area contributed by atoms with Crippen molar-refractivity contribution in [2.24, 2.45) is 11.0 Å². The first-order chi connectivity index (χ1) is 13.5. The molecule has 0 N–H and O–H groups in total. The first-order valence-corrected chi connectivity index (χ1v) is 9.48. The molecule has 1 aromatic rings. The predicted octanol–water partition coefficient (Wildman–Crippen LogP) is 3.82. The van der Waals surface area contributed by atoms with Crippen LogP contribution in [0.1, 0.15) is 45.2 Å². The Morgan fingerprint density at radius 2 is 1.83 bits per heavy atom. The number of likely N-dealkylation sites (tertiary alicyclic amines) is 1. The Morgan fingerprint density at radius 1 is 1.17 bits per heavy atom. The van der Waals surface area contributed by atoms with Crippen LogP contribution < -0.4 is 0 Å². The molecular weight excluding hydrogens is 387 g/mol. The Kier molecular flexibility index (Phi) is 5.86. The van der Waals surface area contributed by atoms with E-state index in [4.69, 9.17) is 4.74 Å². The van der Waals surface area contributed by atoms with Gasteiger partial charge in [0.25, 0.3) is 0 Å². The highest BCUT2D eigenvalue weighted by Crippen LogP contribution is 2.33. The summed E-state index contributed by atoms with van der Waals surface area (Å²) in [6.45, 7) is 5.06. The third kappa shape index (κ3) is 4.89. The zero-order valence-electron chi connectivity index (χ0n) is 16.6. The zero-order valence-corrected chi connectivity index (χ0v) is 16.6. The van der Waals surface area contributed by atoms with Crippen molar-refractivity contribution in [3.05, 3.63) is 35.4 Å². The minimum Gasteiger partial charge on any atom is -0.444 e. The van der Waals surface area contributed by atoms with E-state index in [1.807, 2.05) is 0 Å². The predicted molar refractivity (Wildman–Crippen MR) is 99.9 cm³/mol. The molecule has 0 bridgehead atoms. The van der Waals surface area contributed by atoms with Gasteiger partial charge in [0, 0.05) is 25.2 Å². The van der Waals surface area contributed by atoms with E-state index >= 15 is 0 Å². The van der Waals surface area contributed by atoms with Gasteiger partial charge in [-0.1, -0.05) is 0 Å². The van der Waals surface area contributed by atoms with Crippen LogP contribution in [0.2, 0.25) is 0 Å². The monoisotopic (exact) mass is 411 g/mol. The van der Waals surface area contributed by atoms with Crippen molar-refractivity contribution in [2.45, 2.75) is 51.4 Å². The number of piperidine rings is 1. The molecule has 1 aromatic carbocycles. The number of carbonyl (C=O) groups excluding carboxylic acids is 2. The van der Waals surface area contributed by atoms with Crippen LogP contribution in [-0.4, -0.2) is 53.0 Å². The van der Waals surface area contributed by atoms with E-state index < -0.39 is 47.4 Å². The Bertz CT molecular complexity index is 805. The van der Waals surface area contributed by atoms with Gasteiger partial charge in [0.05, 0.1) is 18.5 Å². The minimum atomic E-state index is -1.59. The summed E-state index contributed by atoms with van der Waals surface area (Å²) in [6, 6.07) is 2.33. The van der Waals surface area contributed by atoms with E-state index in [1.165, 1.54) is 11.1 Å². The average molecular weight is 411 g/mol. The van der Waals surface area contributed by atoms with Crippen molar-refractivity contribution in [3.8, 4) is 0 Å². The number of benzene rings is 1. The molecule has 0 saturated carbocycles. The Hall–Kier alpha value is -2.58. The van der Waals surface area contributed by atoms with E-state index in [-0.39, 0.29) is 31.5 Å². The lowest BCUT2D eigenvalue weighted by Crippen LogP contribution is -2.50. The molecule has 0 spiro atoms. The van der Waals surface area contributed by atoms with E-state index in [1.54, 1.807) is 20.8 Å². The fourth-order valence-electron chi connectivity index (χ4n) is 3.52. The van der Waals surface area contributed by atoms with Gasteiger partial charge in [-0.2, -0.15) is 5.10 Å². The van der Waals surface area contributed by atoms with Gasteiger partial charge < -0.3 is 9.64 Å². The summed E-state index contributed by atoms with van der Waals surface area (Å²) < 4.78 is 47.2. The van der Waals surface area contributed by atoms with Crippen LogP contribution in [0.15, 0.2) is 23.3 Å². The number of alkyl halides is 1. The molecule has 3 atom stereocenters. The molecule has 6 nitrogen and oxygen atoms in total. The van der Waals surface area contributed by atoms with Crippen LogP contribution >= 0.6 is 0 Å². The maximum Gasteiger partial charge on any atom is 0.410 e. The molecule has 2 amide bonds. The van der Waals surface area contributed by atoms with Crippen molar-refractivity contribution >= 4 is 18.2 Å². The topological polar surface area (TPSA) is 62.2 Å². The Morgan fingerprint density at radius 3 is 2.41 bits per heavy atom. The average Bonchev–Trinajstić information content (AvgIpc) is 3.08. The number of hydrazone groups is 1. The van der Waals surface area contributed by atoms with E-state index in [2.05, 4.69) is 5.10 Å². The standard InChI is InChI=1S/C20H24F3N3O3/c1-20(2,3)29-19(28)25-7-5-15(16(23)11-25)18(27)26-17(4-6-24-26)12-8-13(21)10-14(22)9-12/h6,8-10,15-17H,4-5,7,11H2,1-3H3/t15-,16+,17?/m0/s1. The van der Waals surface area contributed by atoms with Gasteiger partial charge in [0.1, 0.15) is 23.4 Å². The molecule has 1 fully saturated rings. The van der Waals surface area contributed by atoms with Gasteiger partial charge in [0.2, 0.25) is 5.91 Å². The van der Waals surface area contributed by atoms with Crippen LogP contribution in [0.4, 0.5) is 18.0 Å². The molecule has 3 rings (SSSR count). The largest absolute Gasteiger partial charge is 0.444 e. The first-order valence-electron chi connectivity index (χ1n) is 9.48. The number of ether oxygens (including phenoxy) is 1. The van der Waals surface area contributed by atoms with Crippen LogP contribution in [0.25, 0.3) is 0 Å². The summed E-state index contributed by atoms with van der Waals surface area (Å²) >= 11 is 0. The second kappa shape index (κ2) is 8.04. The normalized spacial score (nSPS) is 24.7. The van der Waals surface area contributed by atoms with Crippen LogP contribution in [0, 0.1) is 17.6 Å². The number of nitrogens with zero attached hydrogens (tertiary/aromatic N) is 3. The highest BCUT2D eigenvalue weighted by Gasteiger charge is 2.42. The molecule has 0 aliphatic carbocycles. The molecule has 2 aliphatic heterocycles. The fraction of sp³-hybridized carbons (Fsp3) is 0.550. The third-order valence-corrected chi connectivity index (χ3v) is 4.84. The number of hydrogen-bond acceptors (Lipinski definition) is 4. The molecule has 0 aromatic heterocycles. The van der Waals surface area contributed by atoms with Crippen molar-refractivity contribution in [1.82, 2.24) is 9.91 Å².